The van der Waals surface area contributed by atoms with Gasteiger partial charge in [-0.25, -0.2) is 0 Å². The molecule has 18 heavy (non-hydrogen) atoms. The molecule has 1 aromatic rings. The van der Waals surface area contributed by atoms with Gasteiger partial charge in [0.05, 0.1) is 12.6 Å². The van der Waals surface area contributed by atoms with Crippen LogP contribution in [0.25, 0.3) is 0 Å². The fraction of sp³-hybridized carbons (Fsp3) is 0.571. The Labute approximate surface area is 108 Å². The van der Waals surface area contributed by atoms with E-state index >= 15 is 0 Å². The second-order valence-electron chi connectivity index (χ2n) is 4.30. The Kier molecular flexibility index (Phi) is 4.84. The molecule has 0 bridgehead atoms. The highest BCUT2D eigenvalue weighted by molar-refractivity contribution is 5.45. The average molecular weight is 251 g/mol. The summed E-state index contributed by atoms with van der Waals surface area (Å²) in [6.45, 7) is 6.92. The molecular weight excluding hydrogens is 230 g/mol. The van der Waals surface area contributed by atoms with E-state index in [1.165, 1.54) is 5.56 Å². The zero-order valence-corrected chi connectivity index (χ0v) is 11.1. The van der Waals surface area contributed by atoms with E-state index in [1.807, 2.05) is 12.1 Å². The van der Waals surface area contributed by atoms with Gasteiger partial charge in [0.25, 0.3) is 0 Å². The minimum Gasteiger partial charge on any atom is -0.454 e. The lowest BCUT2D eigenvalue weighted by Crippen LogP contribution is -2.25. The minimum absolute atomic E-state index is 0.205. The van der Waals surface area contributed by atoms with Crippen LogP contribution in [0, 0.1) is 0 Å². The molecule has 1 unspecified atom stereocenters. The number of nitrogens with one attached hydrogen (secondary N) is 1. The lowest BCUT2D eigenvalue weighted by molar-refractivity contribution is 0.112. The second-order valence-corrected chi connectivity index (χ2v) is 4.30. The van der Waals surface area contributed by atoms with E-state index in [1.54, 1.807) is 0 Å². The number of likely N-dealkylation sites (N-methyl/N-ethyl adjacent to an activating group) is 1. The van der Waals surface area contributed by atoms with Crippen LogP contribution in [0.1, 0.15) is 31.9 Å². The van der Waals surface area contributed by atoms with Crippen molar-refractivity contribution in [2.75, 3.05) is 26.6 Å². The smallest absolute Gasteiger partial charge is 0.231 e. The summed E-state index contributed by atoms with van der Waals surface area (Å²) >= 11 is 0. The lowest BCUT2D eigenvalue weighted by atomic mass is 10.1. The molecule has 4 heteroatoms. The molecule has 0 aliphatic carbocycles. The van der Waals surface area contributed by atoms with Crippen molar-refractivity contribution in [1.29, 1.82) is 0 Å². The Bertz CT molecular complexity index is 381. The molecule has 0 amide bonds. The summed E-state index contributed by atoms with van der Waals surface area (Å²) < 4.78 is 16.4. The third-order valence-electron chi connectivity index (χ3n) is 2.88. The molecule has 1 aliphatic heterocycles. The molecule has 4 nitrogen and oxygen atoms in total. The summed E-state index contributed by atoms with van der Waals surface area (Å²) in [5.41, 5.74) is 1.18. The van der Waals surface area contributed by atoms with Crippen molar-refractivity contribution in [2.45, 2.75) is 26.3 Å². The van der Waals surface area contributed by atoms with Crippen molar-refractivity contribution < 1.29 is 14.2 Å². The molecule has 0 radical (unpaired) electrons. The first-order chi connectivity index (χ1) is 8.85. The number of ether oxygens (including phenoxy) is 3. The van der Waals surface area contributed by atoms with Gasteiger partial charge in [0.2, 0.25) is 6.79 Å². The SMILES string of the molecule is CCCOCC(NCC)c1ccc2c(c1)OCO2. The molecule has 0 spiro atoms. The van der Waals surface area contributed by atoms with Crippen molar-refractivity contribution in [3.05, 3.63) is 23.8 Å². The average Bonchev–Trinajstić information content (AvgIpc) is 2.85. The number of benzene rings is 1. The summed E-state index contributed by atoms with van der Waals surface area (Å²) in [6, 6.07) is 6.26. The summed E-state index contributed by atoms with van der Waals surface area (Å²) in [4.78, 5) is 0. The van der Waals surface area contributed by atoms with Crippen LogP contribution >= 0.6 is 0 Å². The Hall–Kier alpha value is -1.26. The number of hydrogen-bond donors (Lipinski definition) is 1. The molecule has 1 atom stereocenters. The standard InChI is InChI=1S/C14H21NO3/c1-3-7-16-9-12(15-4-2)11-5-6-13-14(8-11)18-10-17-13/h5-6,8,12,15H,3-4,7,9-10H2,1-2H3. The first-order valence-electron chi connectivity index (χ1n) is 6.55. The van der Waals surface area contributed by atoms with Crippen molar-refractivity contribution in [3.63, 3.8) is 0 Å². The Balaban J connectivity index is 2.04. The van der Waals surface area contributed by atoms with Gasteiger partial charge in [-0.15, -0.1) is 0 Å². The number of rotatable bonds is 7. The van der Waals surface area contributed by atoms with E-state index in [9.17, 15) is 0 Å². The van der Waals surface area contributed by atoms with E-state index in [2.05, 4.69) is 25.2 Å². The van der Waals surface area contributed by atoms with Gasteiger partial charge in [0.1, 0.15) is 0 Å². The van der Waals surface area contributed by atoms with Gasteiger partial charge in [-0.05, 0) is 30.7 Å². The zero-order valence-electron chi connectivity index (χ0n) is 11.1. The van der Waals surface area contributed by atoms with Crippen molar-refractivity contribution >= 4 is 0 Å². The Morgan fingerprint density at radius 2 is 2.11 bits per heavy atom. The van der Waals surface area contributed by atoms with Crippen LogP contribution in [0.15, 0.2) is 18.2 Å². The van der Waals surface area contributed by atoms with Crippen molar-refractivity contribution in [3.8, 4) is 11.5 Å². The van der Waals surface area contributed by atoms with Gasteiger partial charge in [-0.3, -0.25) is 0 Å². The normalized spacial score (nSPS) is 14.8. The van der Waals surface area contributed by atoms with Crippen LogP contribution in [-0.2, 0) is 4.74 Å². The second kappa shape index (κ2) is 6.61. The molecule has 1 heterocycles. The molecule has 1 aromatic carbocycles. The quantitative estimate of drug-likeness (QED) is 0.756. The molecule has 100 valence electrons. The predicted octanol–water partition coefficient (Wildman–Crippen LogP) is 2.49. The van der Waals surface area contributed by atoms with Crippen molar-refractivity contribution in [2.24, 2.45) is 0 Å². The maximum absolute atomic E-state index is 5.64. The number of fused-ring (bicyclic) bond motifs is 1. The van der Waals surface area contributed by atoms with Crippen molar-refractivity contribution in [1.82, 2.24) is 5.32 Å². The van der Waals surface area contributed by atoms with E-state index in [0.29, 0.717) is 13.4 Å². The predicted molar refractivity (Wildman–Crippen MR) is 70.1 cm³/mol. The van der Waals surface area contributed by atoms with Crippen LogP contribution in [-0.4, -0.2) is 26.6 Å². The van der Waals surface area contributed by atoms with Gasteiger partial charge in [-0.1, -0.05) is 19.9 Å². The van der Waals surface area contributed by atoms with Gasteiger partial charge < -0.3 is 19.5 Å². The Morgan fingerprint density at radius 1 is 1.28 bits per heavy atom. The maximum Gasteiger partial charge on any atom is 0.231 e. The molecule has 0 saturated heterocycles. The lowest BCUT2D eigenvalue weighted by Gasteiger charge is -2.18. The molecule has 1 N–H and O–H groups in total. The van der Waals surface area contributed by atoms with E-state index in [4.69, 9.17) is 14.2 Å². The molecule has 1 aliphatic rings. The monoisotopic (exact) mass is 251 g/mol. The highest BCUT2D eigenvalue weighted by atomic mass is 16.7. The topological polar surface area (TPSA) is 39.7 Å². The maximum atomic E-state index is 5.64. The zero-order chi connectivity index (χ0) is 12.8. The summed E-state index contributed by atoms with van der Waals surface area (Å²) in [5.74, 6) is 1.65. The van der Waals surface area contributed by atoms with E-state index in [0.717, 1.165) is 31.1 Å². The van der Waals surface area contributed by atoms with Crippen LogP contribution in [0.4, 0.5) is 0 Å². The largest absolute Gasteiger partial charge is 0.454 e. The third-order valence-corrected chi connectivity index (χ3v) is 2.88. The van der Waals surface area contributed by atoms with E-state index in [-0.39, 0.29) is 6.04 Å². The van der Waals surface area contributed by atoms with Crippen LogP contribution in [0.3, 0.4) is 0 Å². The van der Waals surface area contributed by atoms with Crippen LogP contribution in [0.2, 0.25) is 0 Å². The molecule has 2 rings (SSSR count). The fourth-order valence-corrected chi connectivity index (χ4v) is 1.99. The fourth-order valence-electron chi connectivity index (χ4n) is 1.99. The molecule has 0 saturated carbocycles. The van der Waals surface area contributed by atoms with Gasteiger partial charge in [-0.2, -0.15) is 0 Å². The third kappa shape index (κ3) is 3.15. The summed E-state index contributed by atoms with van der Waals surface area (Å²) in [6.07, 6.45) is 1.04. The first-order valence-corrected chi connectivity index (χ1v) is 6.55. The summed E-state index contributed by atoms with van der Waals surface area (Å²) in [7, 11) is 0. The Morgan fingerprint density at radius 3 is 2.89 bits per heavy atom. The molecule has 0 aromatic heterocycles. The highest BCUT2D eigenvalue weighted by Crippen LogP contribution is 2.34. The molecular formula is C14H21NO3. The van der Waals surface area contributed by atoms with Crippen LogP contribution in [0.5, 0.6) is 11.5 Å². The van der Waals surface area contributed by atoms with Gasteiger partial charge in [0, 0.05) is 6.61 Å². The minimum atomic E-state index is 0.205. The van der Waals surface area contributed by atoms with Crippen LogP contribution < -0.4 is 14.8 Å². The van der Waals surface area contributed by atoms with Gasteiger partial charge in [0.15, 0.2) is 11.5 Å². The summed E-state index contributed by atoms with van der Waals surface area (Å²) in [5, 5.41) is 3.43. The van der Waals surface area contributed by atoms with Gasteiger partial charge >= 0.3 is 0 Å². The number of hydrogen-bond acceptors (Lipinski definition) is 4. The highest BCUT2D eigenvalue weighted by Gasteiger charge is 2.17. The molecule has 0 fully saturated rings. The first kappa shape index (κ1) is 13.2. The van der Waals surface area contributed by atoms with E-state index < -0.39 is 0 Å².